The molecule has 0 fully saturated rings. The van der Waals surface area contributed by atoms with Crippen LogP contribution in [0.25, 0.3) is 5.69 Å². The lowest BCUT2D eigenvalue weighted by molar-refractivity contribution is 0.397. The number of nitrogens with zero attached hydrogens (tertiary/aromatic N) is 3. The van der Waals surface area contributed by atoms with Crippen molar-refractivity contribution in [2.75, 3.05) is 12.8 Å². The number of methoxy groups -OCH3 is 1. The first-order valence-corrected chi connectivity index (χ1v) is 6.44. The largest absolute Gasteiger partial charge is 0.481 e. The summed E-state index contributed by atoms with van der Waals surface area (Å²) in [4.78, 5) is 4.10. The Labute approximate surface area is 125 Å². The Morgan fingerprint density at radius 3 is 2.68 bits per heavy atom. The average Bonchev–Trinajstić information content (AvgIpc) is 2.99. The number of benzene rings is 1. The third-order valence-electron chi connectivity index (χ3n) is 2.95. The molecule has 0 aliphatic heterocycles. The van der Waals surface area contributed by atoms with Crippen LogP contribution in [-0.4, -0.2) is 21.9 Å². The van der Waals surface area contributed by atoms with Crippen LogP contribution >= 0.6 is 0 Å². The van der Waals surface area contributed by atoms with Gasteiger partial charge in [0.05, 0.1) is 24.7 Å². The van der Waals surface area contributed by atoms with Gasteiger partial charge in [0.25, 0.3) is 0 Å². The zero-order valence-corrected chi connectivity index (χ0v) is 11.7. The minimum atomic E-state index is -0.531. The van der Waals surface area contributed by atoms with Crippen LogP contribution in [0.5, 0.6) is 17.5 Å². The maximum atomic E-state index is 13.4. The fourth-order valence-electron chi connectivity index (χ4n) is 1.83. The first-order valence-electron chi connectivity index (χ1n) is 6.44. The van der Waals surface area contributed by atoms with E-state index in [4.69, 9.17) is 15.2 Å². The molecule has 0 bridgehead atoms. The molecule has 3 aromatic rings. The fraction of sp³-hybridized carbons (Fsp3) is 0.0667. The van der Waals surface area contributed by atoms with Gasteiger partial charge >= 0.3 is 0 Å². The third kappa shape index (κ3) is 2.83. The Bertz CT molecular complexity index is 786. The van der Waals surface area contributed by atoms with E-state index in [9.17, 15) is 4.39 Å². The van der Waals surface area contributed by atoms with Gasteiger partial charge in [0.2, 0.25) is 11.8 Å². The first kappa shape index (κ1) is 13.9. The van der Waals surface area contributed by atoms with E-state index in [0.29, 0.717) is 17.5 Å². The molecule has 2 N–H and O–H groups in total. The van der Waals surface area contributed by atoms with Crippen LogP contribution in [0.3, 0.4) is 0 Å². The molecule has 112 valence electrons. The van der Waals surface area contributed by atoms with Gasteiger partial charge in [-0.2, -0.15) is 0 Å². The summed E-state index contributed by atoms with van der Waals surface area (Å²) in [6.07, 6.45) is 3.34. The minimum absolute atomic E-state index is 0.0715. The number of hydrogen-bond donors (Lipinski definition) is 1. The highest BCUT2D eigenvalue weighted by Gasteiger charge is 2.06. The van der Waals surface area contributed by atoms with Gasteiger partial charge in [-0.25, -0.2) is 14.1 Å². The van der Waals surface area contributed by atoms with E-state index in [1.165, 1.54) is 12.1 Å². The zero-order valence-electron chi connectivity index (χ0n) is 11.7. The molecule has 0 aliphatic carbocycles. The number of anilines is 1. The SMILES string of the molecule is COc1ccc(-n2ccc(Oc3ccc(N)c(F)c3)n2)cn1. The topological polar surface area (TPSA) is 75.2 Å². The van der Waals surface area contributed by atoms with Gasteiger partial charge in [-0.05, 0) is 18.2 Å². The van der Waals surface area contributed by atoms with E-state index in [2.05, 4.69) is 10.1 Å². The van der Waals surface area contributed by atoms with Crippen molar-refractivity contribution >= 4 is 5.69 Å². The molecule has 0 saturated heterocycles. The maximum Gasteiger partial charge on any atom is 0.238 e. The van der Waals surface area contributed by atoms with Crippen LogP contribution in [0.1, 0.15) is 0 Å². The number of rotatable bonds is 4. The molecule has 22 heavy (non-hydrogen) atoms. The molecular weight excluding hydrogens is 287 g/mol. The molecule has 7 heteroatoms. The lowest BCUT2D eigenvalue weighted by atomic mass is 10.3. The van der Waals surface area contributed by atoms with E-state index < -0.39 is 5.82 Å². The summed E-state index contributed by atoms with van der Waals surface area (Å²) in [5.74, 6) is 0.644. The standard InChI is InChI=1S/C15H13FN4O2/c1-21-14-5-2-10(9-18-14)20-7-6-15(19-20)22-11-3-4-13(17)12(16)8-11/h2-9H,17H2,1H3. The van der Waals surface area contributed by atoms with Crippen LogP contribution in [0, 0.1) is 5.82 Å². The van der Waals surface area contributed by atoms with Crippen molar-refractivity contribution in [2.24, 2.45) is 0 Å². The Morgan fingerprint density at radius 2 is 2.00 bits per heavy atom. The molecule has 0 saturated carbocycles. The van der Waals surface area contributed by atoms with E-state index in [-0.39, 0.29) is 5.69 Å². The predicted octanol–water partition coefficient (Wildman–Crippen LogP) is 2.79. The van der Waals surface area contributed by atoms with E-state index in [1.54, 1.807) is 42.4 Å². The maximum absolute atomic E-state index is 13.4. The first-order chi connectivity index (χ1) is 10.7. The molecule has 0 atom stereocenters. The summed E-state index contributed by atoms with van der Waals surface area (Å²) in [5.41, 5.74) is 6.24. The van der Waals surface area contributed by atoms with Crippen molar-refractivity contribution < 1.29 is 13.9 Å². The van der Waals surface area contributed by atoms with E-state index >= 15 is 0 Å². The molecule has 1 aromatic carbocycles. The molecule has 0 spiro atoms. The minimum Gasteiger partial charge on any atom is -0.481 e. The number of nitrogens with two attached hydrogens (primary N) is 1. The summed E-state index contributed by atoms with van der Waals surface area (Å²) < 4.78 is 25.5. The van der Waals surface area contributed by atoms with Crippen LogP contribution in [0.4, 0.5) is 10.1 Å². The fourth-order valence-corrected chi connectivity index (χ4v) is 1.83. The van der Waals surface area contributed by atoms with Crippen molar-refractivity contribution in [3.63, 3.8) is 0 Å². The number of ether oxygens (including phenoxy) is 2. The molecule has 3 rings (SSSR count). The molecule has 6 nitrogen and oxygen atoms in total. The highest BCUT2D eigenvalue weighted by molar-refractivity contribution is 5.44. The van der Waals surface area contributed by atoms with Crippen LogP contribution in [0.15, 0.2) is 48.8 Å². The predicted molar refractivity (Wildman–Crippen MR) is 78.8 cm³/mol. The number of pyridine rings is 1. The Kier molecular flexibility index (Phi) is 3.61. The Hall–Kier alpha value is -3.09. The lowest BCUT2D eigenvalue weighted by Gasteiger charge is -2.04. The van der Waals surface area contributed by atoms with Crippen molar-refractivity contribution in [3.05, 3.63) is 54.6 Å². The van der Waals surface area contributed by atoms with Gasteiger partial charge in [0.15, 0.2) is 0 Å². The van der Waals surface area contributed by atoms with Gasteiger partial charge in [-0.15, -0.1) is 5.10 Å². The quantitative estimate of drug-likeness (QED) is 0.750. The molecular formula is C15H13FN4O2. The summed E-state index contributed by atoms with van der Waals surface area (Å²) in [6, 6.07) is 9.43. The molecule has 0 radical (unpaired) electrons. The second-order valence-corrected chi connectivity index (χ2v) is 4.44. The highest BCUT2D eigenvalue weighted by atomic mass is 19.1. The molecule has 0 aliphatic rings. The van der Waals surface area contributed by atoms with Crippen LogP contribution < -0.4 is 15.2 Å². The van der Waals surface area contributed by atoms with Crippen molar-refractivity contribution in [2.45, 2.75) is 0 Å². The Morgan fingerprint density at radius 1 is 1.14 bits per heavy atom. The van der Waals surface area contributed by atoms with Crippen LogP contribution in [0.2, 0.25) is 0 Å². The van der Waals surface area contributed by atoms with Crippen molar-refractivity contribution in [3.8, 4) is 23.2 Å². The summed E-state index contributed by atoms with van der Waals surface area (Å²) >= 11 is 0. The Balaban J connectivity index is 1.79. The zero-order chi connectivity index (χ0) is 15.5. The van der Waals surface area contributed by atoms with Gasteiger partial charge < -0.3 is 15.2 Å². The highest BCUT2D eigenvalue weighted by Crippen LogP contribution is 2.23. The number of halogens is 1. The summed E-state index contributed by atoms with van der Waals surface area (Å²) in [6.45, 7) is 0. The molecule has 0 unspecified atom stereocenters. The van der Waals surface area contributed by atoms with Crippen molar-refractivity contribution in [1.82, 2.24) is 14.8 Å². The second kappa shape index (κ2) is 5.72. The molecule has 2 aromatic heterocycles. The summed E-state index contributed by atoms with van der Waals surface area (Å²) in [7, 11) is 1.55. The van der Waals surface area contributed by atoms with Crippen molar-refractivity contribution in [1.29, 1.82) is 0 Å². The van der Waals surface area contributed by atoms with Crippen LogP contribution in [-0.2, 0) is 0 Å². The van der Waals surface area contributed by atoms with E-state index in [0.717, 1.165) is 5.69 Å². The normalized spacial score (nSPS) is 10.5. The monoisotopic (exact) mass is 300 g/mol. The smallest absolute Gasteiger partial charge is 0.238 e. The second-order valence-electron chi connectivity index (χ2n) is 4.44. The third-order valence-corrected chi connectivity index (χ3v) is 2.95. The van der Waals surface area contributed by atoms with Gasteiger partial charge in [0, 0.05) is 24.4 Å². The van der Waals surface area contributed by atoms with Gasteiger partial charge in [0.1, 0.15) is 11.6 Å². The average molecular weight is 300 g/mol. The molecule has 0 amide bonds. The lowest BCUT2D eigenvalue weighted by Crippen LogP contribution is -1.97. The van der Waals surface area contributed by atoms with Gasteiger partial charge in [-0.3, -0.25) is 0 Å². The summed E-state index contributed by atoms with van der Waals surface area (Å²) in [5, 5.41) is 4.24. The number of aromatic nitrogens is 3. The van der Waals surface area contributed by atoms with E-state index in [1.807, 2.05) is 6.07 Å². The number of hydrogen-bond acceptors (Lipinski definition) is 5. The molecule has 2 heterocycles. The van der Waals surface area contributed by atoms with Gasteiger partial charge in [-0.1, -0.05) is 0 Å². The number of nitrogen functional groups attached to an aromatic ring is 1.